The van der Waals surface area contributed by atoms with E-state index in [0.717, 1.165) is 25.3 Å². The van der Waals surface area contributed by atoms with Crippen LogP contribution in [0, 0.1) is 5.92 Å². The summed E-state index contributed by atoms with van der Waals surface area (Å²) >= 11 is 0. The van der Waals surface area contributed by atoms with Crippen molar-refractivity contribution in [2.45, 2.75) is 39.5 Å². The summed E-state index contributed by atoms with van der Waals surface area (Å²) in [6.07, 6.45) is 3.06. The predicted molar refractivity (Wildman–Crippen MR) is 43.6 cm³/mol. The molecule has 0 N–H and O–H groups in total. The zero-order chi connectivity index (χ0) is 8.69. The molecule has 0 aromatic rings. The van der Waals surface area contributed by atoms with Gasteiger partial charge >= 0.3 is 0 Å². The van der Waals surface area contributed by atoms with Crippen molar-refractivity contribution in [3.8, 4) is 0 Å². The van der Waals surface area contributed by atoms with Gasteiger partial charge < -0.3 is 0 Å². The summed E-state index contributed by atoms with van der Waals surface area (Å²) in [5.41, 5.74) is 0. The van der Waals surface area contributed by atoms with Crippen LogP contribution >= 0.6 is 0 Å². The SMILES string of the molecule is CC(C)CCCCC=C(F)F. The fraction of sp³-hybridized carbons (Fsp3) is 0.778. The van der Waals surface area contributed by atoms with Crippen molar-refractivity contribution in [2.75, 3.05) is 0 Å². The second-order valence-corrected chi connectivity index (χ2v) is 3.17. The fourth-order valence-electron chi connectivity index (χ4n) is 0.908. The Balaban J connectivity index is 3.09. The molecule has 0 aromatic heterocycles. The first-order valence-electron chi connectivity index (χ1n) is 4.14. The molecule has 0 spiro atoms. The maximum atomic E-state index is 11.5. The van der Waals surface area contributed by atoms with E-state index in [4.69, 9.17) is 0 Å². The van der Waals surface area contributed by atoms with E-state index >= 15 is 0 Å². The Kier molecular flexibility index (Phi) is 6.09. The zero-order valence-corrected chi connectivity index (χ0v) is 7.24. The van der Waals surface area contributed by atoms with E-state index in [1.54, 1.807) is 0 Å². The summed E-state index contributed by atoms with van der Waals surface area (Å²) in [5.74, 6) is 0.689. The Morgan fingerprint density at radius 1 is 1.27 bits per heavy atom. The van der Waals surface area contributed by atoms with Crippen LogP contribution in [0.4, 0.5) is 8.78 Å². The predicted octanol–water partition coefficient (Wildman–Crippen LogP) is 3.98. The highest BCUT2D eigenvalue weighted by Gasteiger charge is 1.93. The highest BCUT2D eigenvalue weighted by molar-refractivity contribution is 4.79. The molecule has 0 nitrogen and oxygen atoms in total. The van der Waals surface area contributed by atoms with E-state index in [9.17, 15) is 8.78 Å². The normalized spacial score (nSPS) is 10.3. The Labute approximate surface area is 67.3 Å². The molecule has 0 unspecified atom stereocenters. The smallest absolute Gasteiger partial charge is 0.174 e. The summed E-state index contributed by atoms with van der Waals surface area (Å²) in [6.45, 7) is 4.29. The van der Waals surface area contributed by atoms with Crippen LogP contribution in [0.15, 0.2) is 12.2 Å². The van der Waals surface area contributed by atoms with E-state index in [2.05, 4.69) is 13.8 Å². The standard InChI is InChI=1S/C9H16F2/c1-8(2)6-4-3-5-7-9(10)11/h7-8H,3-6H2,1-2H3. The van der Waals surface area contributed by atoms with Crippen molar-refractivity contribution in [3.05, 3.63) is 12.2 Å². The number of allylic oxidation sites excluding steroid dienone is 1. The first-order valence-corrected chi connectivity index (χ1v) is 4.14. The molecule has 2 heteroatoms. The van der Waals surface area contributed by atoms with E-state index < -0.39 is 6.08 Å². The number of rotatable bonds is 5. The molecule has 66 valence electrons. The van der Waals surface area contributed by atoms with Crippen molar-refractivity contribution in [2.24, 2.45) is 5.92 Å². The van der Waals surface area contributed by atoms with Gasteiger partial charge in [0.1, 0.15) is 0 Å². The zero-order valence-electron chi connectivity index (χ0n) is 7.24. The lowest BCUT2D eigenvalue weighted by Gasteiger charge is -2.01. The third-order valence-electron chi connectivity index (χ3n) is 1.53. The number of hydrogen-bond acceptors (Lipinski definition) is 0. The molecule has 0 saturated heterocycles. The summed E-state index contributed by atoms with van der Waals surface area (Å²) in [6, 6.07) is 0. The molecule has 0 amide bonds. The van der Waals surface area contributed by atoms with Gasteiger partial charge in [-0.05, 0) is 24.8 Å². The van der Waals surface area contributed by atoms with Crippen LogP contribution in [0.2, 0.25) is 0 Å². The van der Waals surface area contributed by atoms with Crippen molar-refractivity contribution < 1.29 is 8.78 Å². The minimum atomic E-state index is -1.55. The molecular formula is C9H16F2. The van der Waals surface area contributed by atoms with E-state index in [0.29, 0.717) is 12.3 Å². The molecule has 0 radical (unpaired) electrons. The van der Waals surface area contributed by atoms with Crippen LogP contribution in [0.3, 0.4) is 0 Å². The lowest BCUT2D eigenvalue weighted by atomic mass is 10.1. The Hall–Kier alpha value is -0.400. The average molecular weight is 162 g/mol. The van der Waals surface area contributed by atoms with Crippen molar-refractivity contribution >= 4 is 0 Å². The molecule has 0 rings (SSSR count). The quantitative estimate of drug-likeness (QED) is 0.536. The van der Waals surface area contributed by atoms with Gasteiger partial charge in [0.15, 0.2) is 0 Å². The largest absolute Gasteiger partial charge is 0.266 e. The molecule has 0 aromatic carbocycles. The number of halogens is 2. The monoisotopic (exact) mass is 162 g/mol. The Bertz CT molecular complexity index is 113. The van der Waals surface area contributed by atoms with Gasteiger partial charge in [-0.25, -0.2) is 0 Å². The molecule has 0 saturated carbocycles. The molecule has 0 atom stereocenters. The minimum Gasteiger partial charge on any atom is -0.174 e. The Morgan fingerprint density at radius 3 is 2.36 bits per heavy atom. The molecular weight excluding hydrogens is 146 g/mol. The third kappa shape index (κ3) is 9.60. The van der Waals surface area contributed by atoms with Crippen LogP contribution in [0.5, 0.6) is 0 Å². The van der Waals surface area contributed by atoms with Gasteiger partial charge in [0.05, 0.1) is 0 Å². The maximum Gasteiger partial charge on any atom is 0.266 e. The van der Waals surface area contributed by atoms with Gasteiger partial charge in [0.2, 0.25) is 0 Å². The average Bonchev–Trinajstić information content (AvgIpc) is 1.85. The lowest BCUT2D eigenvalue weighted by molar-refractivity contribution is 0.416. The van der Waals surface area contributed by atoms with Crippen molar-refractivity contribution in [3.63, 3.8) is 0 Å². The molecule has 0 aliphatic rings. The molecule has 0 bridgehead atoms. The first-order chi connectivity index (χ1) is 5.13. The first kappa shape index (κ1) is 10.6. The maximum absolute atomic E-state index is 11.5. The number of hydrogen-bond donors (Lipinski definition) is 0. The highest BCUT2D eigenvalue weighted by atomic mass is 19.3. The van der Waals surface area contributed by atoms with Crippen LogP contribution in [0.1, 0.15) is 39.5 Å². The van der Waals surface area contributed by atoms with E-state index in [1.807, 2.05) is 0 Å². The van der Waals surface area contributed by atoms with Gasteiger partial charge in [-0.2, -0.15) is 8.78 Å². The van der Waals surface area contributed by atoms with E-state index in [-0.39, 0.29) is 0 Å². The topological polar surface area (TPSA) is 0 Å². The van der Waals surface area contributed by atoms with Crippen LogP contribution < -0.4 is 0 Å². The van der Waals surface area contributed by atoms with Gasteiger partial charge in [0, 0.05) is 0 Å². The summed E-state index contributed by atoms with van der Waals surface area (Å²) < 4.78 is 23.0. The van der Waals surface area contributed by atoms with Gasteiger partial charge in [-0.3, -0.25) is 0 Å². The van der Waals surface area contributed by atoms with Gasteiger partial charge in [-0.15, -0.1) is 0 Å². The highest BCUT2D eigenvalue weighted by Crippen LogP contribution is 2.09. The molecule has 0 aliphatic heterocycles. The summed E-state index contributed by atoms with van der Waals surface area (Å²) in [7, 11) is 0. The Morgan fingerprint density at radius 2 is 1.91 bits per heavy atom. The summed E-state index contributed by atoms with van der Waals surface area (Å²) in [5, 5.41) is 0. The minimum absolute atomic E-state index is 0.523. The van der Waals surface area contributed by atoms with Crippen LogP contribution in [-0.4, -0.2) is 0 Å². The van der Waals surface area contributed by atoms with Gasteiger partial charge in [0.25, 0.3) is 6.08 Å². The van der Waals surface area contributed by atoms with Crippen molar-refractivity contribution in [1.29, 1.82) is 0 Å². The molecule has 0 heterocycles. The molecule has 11 heavy (non-hydrogen) atoms. The number of unbranched alkanes of at least 4 members (excludes halogenated alkanes) is 2. The second kappa shape index (κ2) is 6.32. The lowest BCUT2D eigenvalue weighted by Crippen LogP contribution is -1.85. The second-order valence-electron chi connectivity index (χ2n) is 3.17. The van der Waals surface area contributed by atoms with E-state index in [1.165, 1.54) is 0 Å². The molecule has 0 aliphatic carbocycles. The van der Waals surface area contributed by atoms with Crippen LogP contribution in [-0.2, 0) is 0 Å². The molecule has 0 fully saturated rings. The van der Waals surface area contributed by atoms with Crippen molar-refractivity contribution in [1.82, 2.24) is 0 Å². The fourth-order valence-corrected chi connectivity index (χ4v) is 0.908. The third-order valence-corrected chi connectivity index (χ3v) is 1.53. The summed E-state index contributed by atoms with van der Waals surface area (Å²) in [4.78, 5) is 0. The van der Waals surface area contributed by atoms with Crippen LogP contribution in [0.25, 0.3) is 0 Å². The van der Waals surface area contributed by atoms with Gasteiger partial charge in [-0.1, -0.05) is 26.7 Å².